The smallest absolute Gasteiger partial charge is 0.280 e. The number of nitrogens with zero attached hydrogens (tertiary/aromatic N) is 6. The number of sulfonamides is 1. The van der Waals surface area contributed by atoms with Crippen molar-refractivity contribution in [3.05, 3.63) is 154 Å². The minimum absolute atomic E-state index is 0.112. The van der Waals surface area contributed by atoms with E-state index < -0.39 is 10.0 Å². The number of hydrogen-bond acceptors (Lipinski definition) is 10. The van der Waals surface area contributed by atoms with Crippen LogP contribution in [0.4, 0.5) is 22.7 Å². The highest BCUT2D eigenvalue weighted by Gasteiger charge is 2.40. The van der Waals surface area contributed by atoms with Crippen molar-refractivity contribution in [1.82, 2.24) is 9.44 Å². The second-order valence-corrected chi connectivity index (χ2v) is 21.1. The van der Waals surface area contributed by atoms with Gasteiger partial charge in [-0.05, 0) is 149 Å². The Balaban J connectivity index is 0.782. The molecule has 0 radical (unpaired) electrons. The largest absolute Gasteiger partial charge is 0.347 e. The van der Waals surface area contributed by atoms with E-state index in [-0.39, 0.29) is 34.1 Å². The summed E-state index contributed by atoms with van der Waals surface area (Å²) >= 11 is 1.47. The van der Waals surface area contributed by atoms with Gasteiger partial charge in [0, 0.05) is 65.7 Å². The summed E-state index contributed by atoms with van der Waals surface area (Å²) in [5.41, 5.74) is 12.5. The Bertz CT molecular complexity index is 2930. The Morgan fingerprint density at radius 1 is 0.606 bits per heavy atom. The van der Waals surface area contributed by atoms with E-state index >= 15 is 0 Å². The van der Waals surface area contributed by atoms with Gasteiger partial charge in [-0.1, -0.05) is 63.1 Å². The summed E-state index contributed by atoms with van der Waals surface area (Å²) in [6, 6.07) is 26.8. The lowest BCUT2D eigenvalue weighted by Crippen LogP contribution is -2.25. The number of nitrogens with one attached hydrogen (secondary N) is 2. The van der Waals surface area contributed by atoms with Gasteiger partial charge in [-0.2, -0.15) is 20.2 Å². The standard InChI is InChI=1S/C52H58N8O4S2/c1-33-13-25-45-43(31-33)51(5,6)47(57(45)9)27-23-41-35(3)55-59(49(41)61)37-15-19-39(20-16-37)65-53-29-11-12-30-54-66(63,64)40-21-17-38(18-22-40)60-50(62)42(36(4)56-60)24-28-48-52(7,8)44-32-34(2)14-26-46(44)58(48)10/h13-28,31-32,53-54H,11-12,29-30H2,1-10H3/b41-23+,42-24-,47-27+,48-28+. The molecule has 4 aliphatic rings. The zero-order valence-electron chi connectivity index (χ0n) is 39.4. The molecule has 0 aliphatic carbocycles. The van der Waals surface area contributed by atoms with E-state index in [1.807, 2.05) is 62.5 Å². The number of rotatable bonds is 13. The Kier molecular flexibility index (Phi) is 12.7. The van der Waals surface area contributed by atoms with Crippen molar-refractivity contribution in [2.45, 2.75) is 88.9 Å². The number of carbonyl (C=O) groups is 2. The summed E-state index contributed by atoms with van der Waals surface area (Å²) < 4.78 is 32.3. The van der Waals surface area contributed by atoms with Crippen LogP contribution < -0.4 is 29.3 Å². The molecule has 0 saturated carbocycles. The van der Waals surface area contributed by atoms with Gasteiger partial charge >= 0.3 is 0 Å². The van der Waals surface area contributed by atoms with E-state index in [1.54, 1.807) is 19.1 Å². The predicted molar refractivity (Wildman–Crippen MR) is 270 cm³/mol. The van der Waals surface area contributed by atoms with Gasteiger partial charge < -0.3 is 9.80 Å². The summed E-state index contributed by atoms with van der Waals surface area (Å²) in [4.78, 5) is 32.6. The highest BCUT2D eigenvalue weighted by Crippen LogP contribution is 2.48. The Labute approximate surface area is 393 Å². The van der Waals surface area contributed by atoms with Crippen LogP contribution in [0.1, 0.15) is 76.6 Å². The maximum absolute atomic E-state index is 13.6. The summed E-state index contributed by atoms with van der Waals surface area (Å²) in [5, 5.41) is 11.9. The van der Waals surface area contributed by atoms with Gasteiger partial charge in [-0.15, -0.1) is 0 Å². The first-order valence-electron chi connectivity index (χ1n) is 22.2. The Morgan fingerprint density at radius 2 is 1.05 bits per heavy atom. The lowest BCUT2D eigenvalue weighted by molar-refractivity contribution is -0.115. The maximum atomic E-state index is 13.6. The first-order chi connectivity index (χ1) is 31.3. The lowest BCUT2D eigenvalue weighted by Gasteiger charge is -2.23. The zero-order valence-corrected chi connectivity index (χ0v) is 41.0. The molecule has 4 aromatic rings. The molecule has 8 rings (SSSR count). The summed E-state index contributed by atoms with van der Waals surface area (Å²) in [5.74, 6) is -0.438. The molecule has 0 unspecified atom stereocenters. The number of benzene rings is 4. The molecule has 4 aliphatic heterocycles. The van der Waals surface area contributed by atoms with Crippen molar-refractivity contribution >= 4 is 68.0 Å². The van der Waals surface area contributed by atoms with Gasteiger partial charge in [0.1, 0.15) is 0 Å². The third-order valence-electron chi connectivity index (χ3n) is 13.0. The molecule has 0 spiro atoms. The number of likely N-dealkylation sites (N-methyl/N-ethyl adjacent to an activating group) is 2. The summed E-state index contributed by atoms with van der Waals surface area (Å²) in [6.07, 6.45) is 9.14. The topological polar surface area (TPSA) is 130 Å². The highest BCUT2D eigenvalue weighted by atomic mass is 32.2. The molecule has 0 aromatic heterocycles. The average molecular weight is 923 g/mol. The minimum Gasteiger partial charge on any atom is -0.347 e. The van der Waals surface area contributed by atoms with Crippen LogP contribution in [-0.2, 0) is 30.4 Å². The van der Waals surface area contributed by atoms with Gasteiger partial charge in [0.2, 0.25) is 10.0 Å². The molecule has 2 amide bonds. The molecule has 14 heteroatoms. The van der Waals surface area contributed by atoms with Crippen molar-refractivity contribution in [2.75, 3.05) is 47.0 Å². The van der Waals surface area contributed by atoms with Crippen molar-refractivity contribution < 1.29 is 18.0 Å². The van der Waals surface area contributed by atoms with Crippen molar-refractivity contribution in [1.29, 1.82) is 0 Å². The van der Waals surface area contributed by atoms with Crippen LogP contribution in [0.3, 0.4) is 0 Å². The monoisotopic (exact) mass is 922 g/mol. The highest BCUT2D eigenvalue weighted by molar-refractivity contribution is 7.97. The number of unbranched alkanes of at least 4 members (excludes halogenated alkanes) is 1. The van der Waals surface area contributed by atoms with E-state index in [4.69, 9.17) is 0 Å². The van der Waals surface area contributed by atoms with Crippen LogP contribution in [0.5, 0.6) is 0 Å². The van der Waals surface area contributed by atoms with Gasteiger partial charge in [0.15, 0.2) is 0 Å². The van der Waals surface area contributed by atoms with Crippen molar-refractivity contribution in [2.24, 2.45) is 10.2 Å². The number of hydrazone groups is 2. The number of allylic oxidation sites excluding steroid dienone is 6. The Morgan fingerprint density at radius 3 is 1.52 bits per heavy atom. The summed E-state index contributed by atoms with van der Waals surface area (Å²) in [7, 11) is 0.347. The number of carbonyl (C=O) groups excluding carboxylic acids is 2. The first-order valence-corrected chi connectivity index (χ1v) is 24.5. The lowest BCUT2D eigenvalue weighted by atomic mass is 9.83. The number of anilines is 4. The molecule has 4 aromatic carbocycles. The number of hydrogen-bond donors (Lipinski definition) is 2. The molecule has 4 heterocycles. The van der Waals surface area contributed by atoms with Crippen LogP contribution in [0, 0.1) is 13.8 Å². The molecule has 0 fully saturated rings. The van der Waals surface area contributed by atoms with E-state index in [0.29, 0.717) is 46.9 Å². The fraction of sp³-hybridized carbons (Fsp3) is 0.308. The molecule has 2 N–H and O–H groups in total. The quantitative estimate of drug-likeness (QED) is 0.0771. The SMILES string of the molecule is CC1=NN(c2ccc(S(=O)(=O)NCCCCNSc3ccc(N4N=C(C)/C(=C\C=C5\N(C)c6ccc(C)cc6C5(C)C)C4=O)cc3)cc2)C(=O)/C1=C\C=C1\N(C)c2ccc(C)cc2C1(C)C. The second kappa shape index (κ2) is 18.0. The molecule has 12 nitrogen and oxygen atoms in total. The Hall–Kier alpha value is -6.06. The van der Waals surface area contributed by atoms with Crippen LogP contribution in [0.15, 0.2) is 152 Å². The van der Waals surface area contributed by atoms with Crippen molar-refractivity contribution in [3.8, 4) is 0 Å². The third-order valence-corrected chi connectivity index (χ3v) is 15.3. The maximum Gasteiger partial charge on any atom is 0.280 e. The van der Waals surface area contributed by atoms with Crippen LogP contribution in [-0.4, -0.2) is 58.8 Å². The van der Waals surface area contributed by atoms with E-state index in [9.17, 15) is 18.0 Å². The zero-order chi connectivity index (χ0) is 47.3. The predicted octanol–water partition coefficient (Wildman–Crippen LogP) is 9.58. The molecule has 0 saturated heterocycles. The molecule has 66 heavy (non-hydrogen) atoms. The molecule has 0 atom stereocenters. The van der Waals surface area contributed by atoms with Crippen LogP contribution >= 0.6 is 11.9 Å². The van der Waals surface area contributed by atoms with Gasteiger partial charge in [0.05, 0.1) is 38.8 Å². The molecule has 342 valence electrons. The van der Waals surface area contributed by atoms with Gasteiger partial charge in [-0.25, -0.2) is 13.1 Å². The van der Waals surface area contributed by atoms with E-state index in [0.717, 1.165) is 28.4 Å². The van der Waals surface area contributed by atoms with Crippen molar-refractivity contribution in [3.63, 3.8) is 0 Å². The van der Waals surface area contributed by atoms with E-state index in [1.165, 1.54) is 62.0 Å². The molecular formula is C52H58N8O4S2. The average Bonchev–Trinajstić information content (AvgIpc) is 3.86. The normalized spacial score (nSPS) is 20.1. The number of fused-ring (bicyclic) bond motifs is 2. The third kappa shape index (κ3) is 8.70. The number of amides is 2. The van der Waals surface area contributed by atoms with Gasteiger partial charge in [-0.3, -0.25) is 14.3 Å². The van der Waals surface area contributed by atoms with E-state index in [2.05, 4.69) is 114 Å². The molecular weight excluding hydrogens is 865 g/mol. The van der Waals surface area contributed by atoms with Crippen LogP contribution in [0.2, 0.25) is 0 Å². The first kappa shape index (κ1) is 46.5. The number of aryl methyl sites for hydroxylation is 2. The second-order valence-electron chi connectivity index (χ2n) is 18.4. The molecule has 0 bridgehead atoms. The fourth-order valence-electron chi connectivity index (χ4n) is 9.16. The summed E-state index contributed by atoms with van der Waals surface area (Å²) in [6.45, 7) is 17.6. The minimum atomic E-state index is -3.76. The fourth-order valence-corrected chi connectivity index (χ4v) is 10.9. The van der Waals surface area contributed by atoms with Crippen LogP contribution in [0.25, 0.3) is 0 Å². The van der Waals surface area contributed by atoms with Gasteiger partial charge in [0.25, 0.3) is 11.8 Å².